The van der Waals surface area contributed by atoms with Crippen LogP contribution in [0.4, 0.5) is 11.5 Å². The van der Waals surface area contributed by atoms with Gasteiger partial charge in [0.1, 0.15) is 5.82 Å². The monoisotopic (exact) mass is 492 g/mol. The summed E-state index contributed by atoms with van der Waals surface area (Å²) in [6.45, 7) is 8.68. The zero-order chi connectivity index (χ0) is 24.6. The number of amides is 1. The van der Waals surface area contributed by atoms with Gasteiger partial charge in [-0.1, -0.05) is 30.3 Å². The molecule has 0 bridgehead atoms. The first-order chi connectivity index (χ1) is 17.7. The van der Waals surface area contributed by atoms with E-state index in [-0.39, 0.29) is 5.91 Å². The topological polar surface area (TPSA) is 58.1 Å². The van der Waals surface area contributed by atoms with Gasteiger partial charge >= 0.3 is 0 Å². The molecule has 3 saturated heterocycles. The van der Waals surface area contributed by atoms with Gasteiger partial charge in [-0.2, -0.15) is 0 Å². The van der Waals surface area contributed by atoms with Crippen molar-refractivity contribution in [1.29, 1.82) is 0 Å². The second kappa shape index (κ2) is 12.7. The third-order valence-electron chi connectivity index (χ3n) is 7.88. The van der Waals surface area contributed by atoms with E-state index >= 15 is 0 Å². The van der Waals surface area contributed by atoms with Crippen LogP contribution in [0.2, 0.25) is 0 Å². The van der Waals surface area contributed by atoms with Crippen LogP contribution in [0.25, 0.3) is 0 Å². The van der Waals surface area contributed by atoms with Crippen LogP contribution in [-0.4, -0.2) is 74.9 Å². The standard InChI is InChI=1S/C29H40N4O3/c34-29(20-24-10-16-35-17-11-24)33(27-6-7-28(30-21-27)32-14-18-36-19-15-32)23-26-8-12-31(13-9-26)22-25-4-2-1-3-5-25/h1-7,21,24,26H,8-20,22-23H2. The molecule has 0 atom stereocenters. The van der Waals surface area contributed by atoms with Gasteiger partial charge in [0.05, 0.1) is 25.1 Å². The largest absolute Gasteiger partial charge is 0.381 e. The fraction of sp³-hybridized carbons (Fsp3) is 0.586. The van der Waals surface area contributed by atoms with Gasteiger partial charge in [0.2, 0.25) is 5.91 Å². The highest BCUT2D eigenvalue weighted by molar-refractivity contribution is 5.93. The summed E-state index contributed by atoms with van der Waals surface area (Å²) in [6, 6.07) is 14.9. The summed E-state index contributed by atoms with van der Waals surface area (Å²) >= 11 is 0. The van der Waals surface area contributed by atoms with E-state index < -0.39 is 0 Å². The van der Waals surface area contributed by atoms with Crippen molar-refractivity contribution in [2.45, 2.75) is 38.6 Å². The minimum absolute atomic E-state index is 0.231. The van der Waals surface area contributed by atoms with Gasteiger partial charge in [0, 0.05) is 45.8 Å². The Hall–Kier alpha value is -2.48. The third-order valence-corrected chi connectivity index (χ3v) is 7.88. The van der Waals surface area contributed by atoms with Gasteiger partial charge in [-0.3, -0.25) is 9.69 Å². The van der Waals surface area contributed by atoms with E-state index in [9.17, 15) is 4.79 Å². The summed E-state index contributed by atoms with van der Waals surface area (Å²) in [6.07, 6.45) is 6.69. The lowest BCUT2D eigenvalue weighted by molar-refractivity contribution is -0.120. The molecule has 0 spiro atoms. The molecule has 7 heteroatoms. The molecule has 0 aliphatic carbocycles. The molecule has 0 saturated carbocycles. The van der Waals surface area contributed by atoms with Crippen LogP contribution in [0, 0.1) is 11.8 Å². The van der Waals surface area contributed by atoms with Gasteiger partial charge < -0.3 is 19.3 Å². The van der Waals surface area contributed by atoms with Crippen LogP contribution in [0.3, 0.4) is 0 Å². The molecule has 1 aromatic carbocycles. The summed E-state index contributed by atoms with van der Waals surface area (Å²) in [5.74, 6) is 2.12. The summed E-state index contributed by atoms with van der Waals surface area (Å²) in [7, 11) is 0. The Morgan fingerprint density at radius 2 is 1.58 bits per heavy atom. The van der Waals surface area contributed by atoms with Gasteiger partial charge in [-0.15, -0.1) is 0 Å². The maximum atomic E-state index is 13.6. The molecule has 194 valence electrons. The number of anilines is 2. The average Bonchev–Trinajstić information content (AvgIpc) is 2.94. The Morgan fingerprint density at radius 3 is 2.28 bits per heavy atom. The molecule has 36 heavy (non-hydrogen) atoms. The van der Waals surface area contributed by atoms with Crippen molar-refractivity contribution in [3.8, 4) is 0 Å². The summed E-state index contributed by atoms with van der Waals surface area (Å²) < 4.78 is 11.0. The number of ether oxygens (including phenoxy) is 2. The second-order valence-corrected chi connectivity index (χ2v) is 10.4. The van der Waals surface area contributed by atoms with Crippen LogP contribution in [0.1, 0.15) is 37.7 Å². The number of carbonyl (C=O) groups excluding carboxylic acids is 1. The van der Waals surface area contributed by atoms with Crippen LogP contribution in [0.15, 0.2) is 48.7 Å². The number of likely N-dealkylation sites (tertiary alicyclic amines) is 1. The average molecular weight is 493 g/mol. The Balaban J connectivity index is 1.23. The van der Waals surface area contributed by atoms with Gasteiger partial charge in [0.15, 0.2) is 0 Å². The molecule has 7 nitrogen and oxygen atoms in total. The normalized spacial score (nSPS) is 20.4. The smallest absolute Gasteiger partial charge is 0.227 e. The van der Waals surface area contributed by atoms with Crippen molar-refractivity contribution in [3.05, 3.63) is 54.2 Å². The highest BCUT2D eigenvalue weighted by atomic mass is 16.5. The van der Waals surface area contributed by atoms with E-state index in [0.29, 0.717) is 18.3 Å². The molecular weight excluding hydrogens is 452 g/mol. The Labute approximate surface area is 215 Å². The highest BCUT2D eigenvalue weighted by Gasteiger charge is 2.27. The molecule has 0 N–H and O–H groups in total. The van der Waals surface area contributed by atoms with Crippen LogP contribution in [0.5, 0.6) is 0 Å². The van der Waals surface area contributed by atoms with Crippen molar-refractivity contribution >= 4 is 17.4 Å². The number of rotatable bonds is 8. The Bertz CT molecular complexity index is 935. The molecule has 1 aromatic heterocycles. The Kier molecular flexibility index (Phi) is 8.85. The molecule has 4 heterocycles. The van der Waals surface area contributed by atoms with E-state index in [1.807, 2.05) is 11.1 Å². The van der Waals surface area contributed by atoms with Gasteiger partial charge in [-0.05, 0) is 68.3 Å². The molecule has 3 aliphatic rings. The van der Waals surface area contributed by atoms with Gasteiger partial charge in [0.25, 0.3) is 0 Å². The zero-order valence-electron chi connectivity index (χ0n) is 21.4. The fourth-order valence-corrected chi connectivity index (χ4v) is 5.60. The molecule has 2 aromatic rings. The van der Waals surface area contributed by atoms with Crippen LogP contribution >= 0.6 is 0 Å². The first-order valence-corrected chi connectivity index (χ1v) is 13.7. The number of pyridine rings is 1. The predicted molar refractivity (Wildman–Crippen MR) is 142 cm³/mol. The molecule has 5 rings (SSSR count). The van der Waals surface area contributed by atoms with E-state index in [1.165, 1.54) is 5.56 Å². The minimum atomic E-state index is 0.231. The van der Waals surface area contributed by atoms with Crippen LogP contribution < -0.4 is 9.80 Å². The number of carbonyl (C=O) groups is 1. The van der Waals surface area contributed by atoms with Crippen molar-refractivity contribution in [2.24, 2.45) is 11.8 Å². The number of hydrogen-bond donors (Lipinski definition) is 0. The molecule has 3 aliphatic heterocycles. The maximum Gasteiger partial charge on any atom is 0.227 e. The first-order valence-electron chi connectivity index (χ1n) is 13.7. The fourth-order valence-electron chi connectivity index (χ4n) is 5.60. The number of morpholine rings is 1. The minimum Gasteiger partial charge on any atom is -0.381 e. The quantitative estimate of drug-likeness (QED) is 0.556. The summed E-state index contributed by atoms with van der Waals surface area (Å²) in [5, 5.41) is 0. The van der Waals surface area contributed by atoms with Crippen molar-refractivity contribution in [2.75, 3.05) is 69.0 Å². The van der Waals surface area contributed by atoms with E-state index in [1.54, 1.807) is 0 Å². The number of nitrogens with zero attached hydrogens (tertiary/aromatic N) is 4. The van der Waals surface area contributed by atoms with E-state index in [0.717, 1.165) is 103 Å². The number of benzene rings is 1. The SMILES string of the molecule is O=C(CC1CCOCC1)N(CC1CCN(Cc2ccccc2)CC1)c1ccc(N2CCOCC2)nc1. The number of aromatic nitrogens is 1. The molecule has 3 fully saturated rings. The summed E-state index contributed by atoms with van der Waals surface area (Å²) in [4.78, 5) is 25.2. The maximum absolute atomic E-state index is 13.6. The van der Waals surface area contributed by atoms with Gasteiger partial charge in [-0.25, -0.2) is 4.98 Å². The lowest BCUT2D eigenvalue weighted by Crippen LogP contribution is -2.41. The number of hydrogen-bond acceptors (Lipinski definition) is 6. The molecular formula is C29H40N4O3. The first kappa shape index (κ1) is 25.2. The van der Waals surface area contributed by atoms with Crippen LogP contribution in [-0.2, 0) is 20.8 Å². The number of piperidine rings is 1. The molecule has 0 unspecified atom stereocenters. The zero-order valence-corrected chi connectivity index (χ0v) is 21.4. The van der Waals surface area contributed by atoms with E-state index in [4.69, 9.17) is 14.5 Å². The summed E-state index contributed by atoms with van der Waals surface area (Å²) in [5.41, 5.74) is 2.30. The third kappa shape index (κ3) is 6.84. The molecule has 0 radical (unpaired) electrons. The Morgan fingerprint density at radius 1 is 0.861 bits per heavy atom. The lowest BCUT2D eigenvalue weighted by Gasteiger charge is -2.35. The second-order valence-electron chi connectivity index (χ2n) is 10.4. The molecule has 1 amide bonds. The van der Waals surface area contributed by atoms with Crippen molar-refractivity contribution in [3.63, 3.8) is 0 Å². The van der Waals surface area contributed by atoms with Crippen molar-refractivity contribution < 1.29 is 14.3 Å². The lowest BCUT2D eigenvalue weighted by atomic mass is 9.93. The predicted octanol–water partition coefficient (Wildman–Crippen LogP) is 3.98. The van der Waals surface area contributed by atoms with Crippen molar-refractivity contribution in [1.82, 2.24) is 9.88 Å². The van der Waals surface area contributed by atoms with E-state index in [2.05, 4.69) is 52.3 Å². The highest BCUT2D eigenvalue weighted by Crippen LogP contribution is 2.27.